The minimum absolute atomic E-state index is 0.906. The van der Waals surface area contributed by atoms with Gasteiger partial charge in [-0.2, -0.15) is 0 Å². The van der Waals surface area contributed by atoms with E-state index in [1.54, 1.807) is 96.1 Å². The molecule has 1 unspecified atom stereocenters. The van der Waals surface area contributed by atoms with E-state index in [9.17, 15) is 0 Å². The fourth-order valence-electron chi connectivity index (χ4n) is 9.28. The molecule has 8 aliphatic rings. The zero-order valence-corrected chi connectivity index (χ0v) is 19.1. The summed E-state index contributed by atoms with van der Waals surface area (Å²) < 4.78 is 0.906. The van der Waals surface area contributed by atoms with Crippen molar-refractivity contribution in [1.29, 1.82) is 0 Å². The van der Waals surface area contributed by atoms with Crippen LogP contribution in [-0.2, 0) is 17.5 Å². The standard InChI is InChI=1S/C14H24P.C10H15.Pd/c15-4-2-1-3-14-12-6-10-5-11(8-12)9-13(14)7-10;1-7-2-9-4-8(1)5-10(3-7)6-9;/h10-15H,1-9H2;7-9H,1-6H2;/q-1;;+1. The van der Waals surface area contributed by atoms with Gasteiger partial charge in [-0.1, -0.05) is 0 Å². The first kappa shape index (κ1) is 17.9. The Morgan fingerprint density at radius 1 is 0.654 bits per heavy atom. The molecule has 0 saturated heterocycles. The molecule has 0 heterocycles. The molecule has 2 heteroatoms. The Hall–Kier alpha value is 1.09. The van der Waals surface area contributed by atoms with E-state index in [-0.39, 0.29) is 0 Å². The van der Waals surface area contributed by atoms with Gasteiger partial charge < -0.3 is 0 Å². The van der Waals surface area contributed by atoms with Crippen molar-refractivity contribution in [1.82, 2.24) is 0 Å². The summed E-state index contributed by atoms with van der Waals surface area (Å²) >= 11 is 1.13. The molecule has 8 rings (SSSR count). The maximum absolute atomic E-state index is 1.66. The molecule has 0 aliphatic heterocycles. The number of rotatable bonds is 7. The van der Waals surface area contributed by atoms with Crippen LogP contribution in [0.25, 0.3) is 0 Å². The van der Waals surface area contributed by atoms with Gasteiger partial charge >= 0.3 is 172 Å². The van der Waals surface area contributed by atoms with Gasteiger partial charge in [0, 0.05) is 0 Å². The van der Waals surface area contributed by atoms with Crippen LogP contribution in [0, 0.1) is 47.3 Å². The van der Waals surface area contributed by atoms with E-state index in [0.717, 1.165) is 33.2 Å². The topological polar surface area (TPSA) is 0 Å². The summed E-state index contributed by atoms with van der Waals surface area (Å²) in [6.07, 6.45) is 24.4. The first-order valence-corrected chi connectivity index (χ1v) is 16.2. The molecule has 150 valence electrons. The second-order valence-corrected chi connectivity index (χ2v) is 16.9. The monoisotopic (exact) mass is 464 g/mol. The molecular formula is C24H39PPd. The van der Waals surface area contributed by atoms with Crippen molar-refractivity contribution in [3.63, 3.8) is 0 Å². The zero-order valence-electron chi connectivity index (χ0n) is 16.5. The summed E-state index contributed by atoms with van der Waals surface area (Å²) in [4.78, 5) is 0. The Balaban J connectivity index is 0.931. The molecule has 0 aromatic heterocycles. The Kier molecular flexibility index (Phi) is 4.89. The van der Waals surface area contributed by atoms with Crippen molar-refractivity contribution in [3.05, 3.63) is 0 Å². The number of hydrogen-bond donors (Lipinski definition) is 0. The van der Waals surface area contributed by atoms with Crippen LogP contribution in [0.1, 0.15) is 89.9 Å². The third-order valence-corrected chi connectivity index (χ3v) is 16.0. The molecule has 0 radical (unpaired) electrons. The van der Waals surface area contributed by atoms with Crippen LogP contribution in [0.15, 0.2) is 0 Å². The molecule has 26 heavy (non-hydrogen) atoms. The number of unbranched alkanes of at least 4 members (excludes halogenated alkanes) is 1. The molecule has 8 aliphatic carbocycles. The Morgan fingerprint density at radius 3 is 1.77 bits per heavy atom. The molecular weight excluding hydrogens is 426 g/mol. The molecule has 0 N–H and O–H groups in total. The molecule has 0 amide bonds. The average molecular weight is 465 g/mol. The molecule has 0 aromatic rings. The zero-order chi connectivity index (χ0) is 17.1. The van der Waals surface area contributed by atoms with Crippen molar-refractivity contribution in [3.8, 4) is 0 Å². The first-order chi connectivity index (χ1) is 12.7. The van der Waals surface area contributed by atoms with Crippen molar-refractivity contribution in [2.45, 2.75) is 93.8 Å². The SMILES string of the molecule is C(CCC1C2CC3CC(C2)CC1C3)C[PH][Pd][C]12CC3CC(CC(C3)C1)C2. The summed E-state index contributed by atoms with van der Waals surface area (Å²) in [5, 5.41) is 0. The number of hydrogen-bond acceptors (Lipinski definition) is 0. The fraction of sp³-hybridized carbons (Fsp3) is 1.00. The molecule has 8 saturated carbocycles. The van der Waals surface area contributed by atoms with Crippen LogP contribution in [0.2, 0.25) is 3.89 Å². The van der Waals surface area contributed by atoms with Crippen LogP contribution < -0.4 is 0 Å². The summed E-state index contributed by atoms with van der Waals surface area (Å²) in [7, 11) is 0. The van der Waals surface area contributed by atoms with Gasteiger partial charge in [0.2, 0.25) is 0 Å². The second-order valence-electron chi connectivity index (χ2n) is 11.5. The van der Waals surface area contributed by atoms with Crippen molar-refractivity contribution in [2.24, 2.45) is 47.3 Å². The summed E-state index contributed by atoms with van der Waals surface area (Å²) in [5.41, 5.74) is 0. The van der Waals surface area contributed by atoms with Crippen LogP contribution in [0.3, 0.4) is 0 Å². The Bertz CT molecular complexity index is 465. The molecule has 8 bridgehead atoms. The minimum atomic E-state index is 0.906. The van der Waals surface area contributed by atoms with Crippen molar-refractivity contribution >= 4 is 6.77 Å². The molecule has 0 nitrogen and oxygen atoms in total. The van der Waals surface area contributed by atoms with E-state index in [0.29, 0.717) is 0 Å². The quantitative estimate of drug-likeness (QED) is 0.211. The van der Waals surface area contributed by atoms with Gasteiger partial charge in [0.1, 0.15) is 0 Å². The fourth-order valence-corrected chi connectivity index (χ4v) is 16.1. The van der Waals surface area contributed by atoms with Gasteiger partial charge in [-0.3, -0.25) is 0 Å². The third kappa shape index (κ3) is 3.33. The van der Waals surface area contributed by atoms with Gasteiger partial charge in [0.05, 0.1) is 0 Å². The first-order valence-electron chi connectivity index (χ1n) is 12.1. The van der Waals surface area contributed by atoms with Crippen LogP contribution >= 0.6 is 6.77 Å². The van der Waals surface area contributed by atoms with Gasteiger partial charge in [0.15, 0.2) is 0 Å². The van der Waals surface area contributed by atoms with Crippen molar-refractivity contribution in [2.75, 3.05) is 6.16 Å². The van der Waals surface area contributed by atoms with Crippen LogP contribution in [0.5, 0.6) is 0 Å². The van der Waals surface area contributed by atoms with Crippen LogP contribution in [-0.4, -0.2) is 6.16 Å². The van der Waals surface area contributed by atoms with E-state index in [4.69, 9.17) is 0 Å². The molecule has 8 fully saturated rings. The van der Waals surface area contributed by atoms with Gasteiger partial charge in [-0.15, -0.1) is 0 Å². The van der Waals surface area contributed by atoms with Crippen molar-refractivity contribution < 1.29 is 17.5 Å². The normalized spacial score (nSPS) is 54.2. The predicted octanol–water partition coefficient (Wildman–Crippen LogP) is 7.29. The average Bonchev–Trinajstić information content (AvgIpc) is 2.58. The maximum atomic E-state index is 1.66. The summed E-state index contributed by atoms with van der Waals surface area (Å²) in [6, 6.07) is 0. The van der Waals surface area contributed by atoms with E-state index in [1.807, 2.05) is 0 Å². The summed E-state index contributed by atoms with van der Waals surface area (Å²) in [5.74, 6) is 9.34. The van der Waals surface area contributed by atoms with E-state index in [1.165, 1.54) is 42.3 Å². The summed E-state index contributed by atoms with van der Waals surface area (Å²) in [6.45, 7) is 1.35. The van der Waals surface area contributed by atoms with Gasteiger partial charge in [0.25, 0.3) is 0 Å². The predicted molar refractivity (Wildman–Crippen MR) is 108 cm³/mol. The van der Waals surface area contributed by atoms with E-state index in [2.05, 4.69) is 0 Å². The third-order valence-electron chi connectivity index (χ3n) is 9.61. The Morgan fingerprint density at radius 2 is 1.19 bits per heavy atom. The molecule has 1 atom stereocenters. The van der Waals surface area contributed by atoms with Crippen LogP contribution in [0.4, 0.5) is 0 Å². The molecule has 0 aromatic carbocycles. The Labute approximate surface area is 171 Å². The molecule has 0 spiro atoms. The van der Waals surface area contributed by atoms with Gasteiger partial charge in [-0.25, -0.2) is 0 Å². The van der Waals surface area contributed by atoms with E-state index >= 15 is 0 Å². The van der Waals surface area contributed by atoms with E-state index < -0.39 is 0 Å². The van der Waals surface area contributed by atoms with Gasteiger partial charge in [-0.05, 0) is 0 Å². The second kappa shape index (κ2) is 7.10.